The Labute approximate surface area is 352 Å². The Balaban J connectivity index is 1.63. The van der Waals surface area contributed by atoms with E-state index in [2.05, 4.69) is 171 Å². The van der Waals surface area contributed by atoms with Crippen LogP contribution in [0.2, 0.25) is 0 Å². The van der Waals surface area contributed by atoms with Gasteiger partial charge in [-0.3, -0.25) is 0 Å². The predicted octanol–water partition coefficient (Wildman–Crippen LogP) is 15.6. The number of benzene rings is 6. The lowest BCUT2D eigenvalue weighted by atomic mass is 9.86. The molecule has 0 amide bonds. The Morgan fingerprint density at radius 1 is 0.433 bits per heavy atom. The Hall–Kier alpha value is -5.80. The first kappa shape index (κ1) is 41.0. The molecule has 8 aromatic rings. The molecule has 0 atom stereocenters. The molecule has 60 heavy (non-hydrogen) atoms. The molecule has 0 aliphatic heterocycles. The second-order valence-electron chi connectivity index (χ2n) is 20.6. The van der Waals surface area contributed by atoms with Gasteiger partial charge in [-0.25, -0.2) is 0 Å². The van der Waals surface area contributed by atoms with Gasteiger partial charge < -0.3 is 9.13 Å². The number of nitrogens with zero attached hydrogens (tertiary/aromatic N) is 3. The van der Waals surface area contributed by atoms with E-state index in [0.29, 0.717) is 16.9 Å². The summed E-state index contributed by atoms with van der Waals surface area (Å²) in [7, 11) is 0. The third-order valence-electron chi connectivity index (χ3n) is 12.3. The molecule has 0 aliphatic carbocycles. The number of aromatic nitrogens is 2. The third kappa shape index (κ3) is 6.77. The van der Waals surface area contributed by atoms with E-state index in [9.17, 15) is 5.26 Å². The molecule has 8 rings (SSSR count). The maximum Gasteiger partial charge on any atom is 0.417 e. The van der Waals surface area contributed by atoms with E-state index in [1.54, 1.807) is 12.1 Å². The molecule has 0 aliphatic rings. The molecule has 306 valence electrons. The fourth-order valence-electron chi connectivity index (χ4n) is 8.70. The maximum atomic E-state index is 15.1. The molecule has 6 aromatic carbocycles. The standard InChI is InChI=1S/C54H54F3N3/c1-50(2,3)32-17-21-37-38-22-18-33(51(4,5)6)28-46(38)59(45(37)27-32)44-26-25-41(36-15-13-14-16-43(36)54(55,56)57)49(42(44)31-58)60-47-29-34(52(7,8)9)19-23-39(47)40-24-20-35(30-48(40)60)53(10,11)12/h13-30H,1-12H3. The predicted molar refractivity (Wildman–Crippen MR) is 245 cm³/mol. The smallest absolute Gasteiger partial charge is 0.308 e. The summed E-state index contributed by atoms with van der Waals surface area (Å²) < 4.78 is 49.6. The van der Waals surface area contributed by atoms with Gasteiger partial charge in [0, 0.05) is 27.1 Å². The molecule has 3 nitrogen and oxygen atoms in total. The van der Waals surface area contributed by atoms with Crippen LogP contribution in [-0.4, -0.2) is 9.13 Å². The maximum absolute atomic E-state index is 15.1. The van der Waals surface area contributed by atoms with Crippen LogP contribution in [0.1, 0.15) is 116 Å². The Morgan fingerprint density at radius 2 is 0.800 bits per heavy atom. The van der Waals surface area contributed by atoms with Crippen molar-refractivity contribution in [2.24, 2.45) is 0 Å². The summed E-state index contributed by atoms with van der Waals surface area (Å²) >= 11 is 0. The lowest BCUT2D eigenvalue weighted by Gasteiger charge is -2.24. The summed E-state index contributed by atoms with van der Waals surface area (Å²) in [6.07, 6.45) is -4.64. The molecular weight excluding hydrogens is 748 g/mol. The van der Waals surface area contributed by atoms with Crippen molar-refractivity contribution >= 4 is 43.6 Å². The molecule has 6 heteroatoms. The second kappa shape index (κ2) is 13.6. The molecule has 0 bridgehead atoms. The van der Waals surface area contributed by atoms with Crippen molar-refractivity contribution in [3.05, 3.63) is 143 Å². The largest absolute Gasteiger partial charge is 0.417 e. The number of halogens is 3. The normalized spacial score (nSPS) is 13.2. The number of hydrogen-bond acceptors (Lipinski definition) is 1. The van der Waals surface area contributed by atoms with Crippen molar-refractivity contribution in [1.29, 1.82) is 5.26 Å². The number of hydrogen-bond donors (Lipinski definition) is 0. The molecule has 0 unspecified atom stereocenters. The average Bonchev–Trinajstić information content (AvgIpc) is 3.66. The third-order valence-corrected chi connectivity index (χ3v) is 12.3. The van der Waals surface area contributed by atoms with E-state index in [1.165, 1.54) is 12.1 Å². The highest BCUT2D eigenvalue weighted by Crippen LogP contribution is 2.46. The molecule has 2 aromatic heterocycles. The van der Waals surface area contributed by atoms with Gasteiger partial charge in [-0.1, -0.05) is 156 Å². The number of fused-ring (bicyclic) bond motifs is 6. The molecule has 0 saturated carbocycles. The van der Waals surface area contributed by atoms with Crippen molar-refractivity contribution in [3.8, 4) is 28.6 Å². The number of rotatable bonds is 3. The lowest BCUT2D eigenvalue weighted by Crippen LogP contribution is -2.13. The number of nitriles is 1. The SMILES string of the molecule is CC(C)(C)c1ccc2c3ccc(C(C)(C)C)cc3n(-c3ccc(-c4ccccc4C(F)(F)F)c(-n4c5cc(C(C)(C)C)ccc5c5ccc(C(C)(C)C)cc54)c3C#N)c2c1. The van der Waals surface area contributed by atoms with Gasteiger partial charge in [-0.15, -0.1) is 0 Å². The van der Waals surface area contributed by atoms with Crippen LogP contribution >= 0.6 is 0 Å². The molecule has 0 fully saturated rings. The quantitative estimate of drug-likeness (QED) is 0.175. The minimum atomic E-state index is -4.64. The first-order valence-corrected chi connectivity index (χ1v) is 20.8. The van der Waals surface area contributed by atoms with E-state index < -0.39 is 11.7 Å². The van der Waals surface area contributed by atoms with Gasteiger partial charge in [0.25, 0.3) is 0 Å². The van der Waals surface area contributed by atoms with Crippen molar-refractivity contribution in [1.82, 2.24) is 9.13 Å². The molecule has 0 spiro atoms. The number of alkyl halides is 3. The first-order valence-electron chi connectivity index (χ1n) is 20.8. The summed E-state index contributed by atoms with van der Waals surface area (Å²) in [6, 6.07) is 38.0. The topological polar surface area (TPSA) is 33.6 Å². The van der Waals surface area contributed by atoms with E-state index in [4.69, 9.17) is 0 Å². The van der Waals surface area contributed by atoms with Crippen LogP contribution in [0.25, 0.3) is 66.1 Å². The lowest BCUT2D eigenvalue weighted by molar-refractivity contribution is -0.137. The van der Waals surface area contributed by atoms with Gasteiger partial charge in [0.2, 0.25) is 0 Å². The summed E-state index contributed by atoms with van der Waals surface area (Å²) in [5, 5.41) is 15.7. The Morgan fingerprint density at radius 3 is 1.15 bits per heavy atom. The van der Waals surface area contributed by atoms with Crippen LogP contribution in [-0.2, 0) is 27.8 Å². The Bertz CT molecular complexity index is 2920. The van der Waals surface area contributed by atoms with Gasteiger partial charge in [0.1, 0.15) is 11.6 Å². The van der Waals surface area contributed by atoms with Crippen LogP contribution in [0.15, 0.2) is 109 Å². The van der Waals surface area contributed by atoms with Gasteiger partial charge in [-0.2, -0.15) is 18.4 Å². The summed E-state index contributed by atoms with van der Waals surface area (Å²) in [4.78, 5) is 0. The van der Waals surface area contributed by atoms with Gasteiger partial charge in [0.05, 0.1) is 39.0 Å². The van der Waals surface area contributed by atoms with Crippen LogP contribution < -0.4 is 0 Å². The van der Waals surface area contributed by atoms with Crippen molar-refractivity contribution in [2.75, 3.05) is 0 Å². The van der Waals surface area contributed by atoms with Crippen LogP contribution in [0, 0.1) is 11.3 Å². The highest BCUT2D eigenvalue weighted by Gasteiger charge is 2.35. The molecule has 2 heterocycles. The van der Waals surface area contributed by atoms with E-state index in [1.807, 2.05) is 6.07 Å². The van der Waals surface area contributed by atoms with Crippen molar-refractivity contribution in [2.45, 2.75) is 111 Å². The van der Waals surface area contributed by atoms with Crippen LogP contribution in [0.3, 0.4) is 0 Å². The first-order chi connectivity index (χ1) is 27.9. The molecule has 0 N–H and O–H groups in total. The monoisotopic (exact) mass is 801 g/mol. The highest BCUT2D eigenvalue weighted by atomic mass is 19.4. The van der Waals surface area contributed by atoms with Crippen LogP contribution in [0.4, 0.5) is 13.2 Å². The van der Waals surface area contributed by atoms with Gasteiger partial charge in [0.15, 0.2) is 0 Å². The average molecular weight is 802 g/mol. The van der Waals surface area contributed by atoms with Crippen LogP contribution in [0.5, 0.6) is 0 Å². The van der Waals surface area contributed by atoms with E-state index in [0.717, 1.165) is 71.9 Å². The fraction of sp³-hybridized carbons (Fsp3) is 0.315. The molecular formula is C54H54F3N3. The Kier molecular flexibility index (Phi) is 9.29. The van der Waals surface area contributed by atoms with Crippen molar-refractivity contribution in [3.63, 3.8) is 0 Å². The summed E-state index contributed by atoms with van der Waals surface area (Å²) in [5.74, 6) is 0. The molecule has 0 radical (unpaired) electrons. The fourth-order valence-corrected chi connectivity index (χ4v) is 8.70. The van der Waals surface area contributed by atoms with E-state index in [-0.39, 0.29) is 32.8 Å². The zero-order chi connectivity index (χ0) is 43.5. The van der Waals surface area contributed by atoms with Gasteiger partial charge >= 0.3 is 6.18 Å². The summed E-state index contributed by atoms with van der Waals surface area (Å²) in [6.45, 7) is 26.1. The van der Waals surface area contributed by atoms with E-state index >= 15 is 13.2 Å². The zero-order valence-electron chi connectivity index (χ0n) is 36.9. The van der Waals surface area contributed by atoms with Gasteiger partial charge in [-0.05, 0) is 85.9 Å². The minimum absolute atomic E-state index is 0.0178. The second-order valence-corrected chi connectivity index (χ2v) is 20.6. The molecule has 0 saturated heterocycles. The van der Waals surface area contributed by atoms with Crippen molar-refractivity contribution < 1.29 is 13.2 Å². The highest BCUT2D eigenvalue weighted by molar-refractivity contribution is 6.12. The minimum Gasteiger partial charge on any atom is -0.308 e. The zero-order valence-corrected chi connectivity index (χ0v) is 36.9. The summed E-state index contributed by atoms with van der Waals surface area (Å²) in [5.41, 5.74) is 8.06.